The SMILES string of the molecule is Fc1ccc(CNCc2csc(Br)c2)cc1Cl. The highest BCUT2D eigenvalue weighted by Gasteiger charge is 2.01. The first-order valence-electron chi connectivity index (χ1n) is 5.03. The van der Waals surface area contributed by atoms with Crippen LogP contribution in [0, 0.1) is 5.82 Å². The highest BCUT2D eigenvalue weighted by molar-refractivity contribution is 9.11. The second kappa shape index (κ2) is 5.96. The largest absolute Gasteiger partial charge is 0.309 e. The van der Waals surface area contributed by atoms with Gasteiger partial charge < -0.3 is 5.32 Å². The van der Waals surface area contributed by atoms with E-state index in [9.17, 15) is 4.39 Å². The summed E-state index contributed by atoms with van der Waals surface area (Å²) < 4.78 is 14.1. The number of hydrogen-bond acceptors (Lipinski definition) is 2. The maximum absolute atomic E-state index is 12.9. The molecule has 0 bridgehead atoms. The first-order valence-corrected chi connectivity index (χ1v) is 7.08. The van der Waals surface area contributed by atoms with Gasteiger partial charge in [0.15, 0.2) is 0 Å². The lowest BCUT2D eigenvalue weighted by atomic mass is 10.2. The number of rotatable bonds is 4. The van der Waals surface area contributed by atoms with Gasteiger partial charge in [-0.05, 0) is 50.6 Å². The molecule has 0 saturated carbocycles. The van der Waals surface area contributed by atoms with Crippen LogP contribution in [0.2, 0.25) is 5.02 Å². The van der Waals surface area contributed by atoms with Crippen molar-refractivity contribution < 1.29 is 4.39 Å². The highest BCUT2D eigenvalue weighted by Crippen LogP contribution is 2.20. The molecular formula is C12H10BrClFNS. The molecule has 1 N–H and O–H groups in total. The Morgan fingerprint density at radius 3 is 2.65 bits per heavy atom. The molecule has 0 fully saturated rings. The van der Waals surface area contributed by atoms with Crippen molar-refractivity contribution in [2.24, 2.45) is 0 Å². The van der Waals surface area contributed by atoms with Crippen LogP contribution >= 0.6 is 38.9 Å². The van der Waals surface area contributed by atoms with Gasteiger partial charge in [0, 0.05) is 13.1 Å². The summed E-state index contributed by atoms with van der Waals surface area (Å²) in [4.78, 5) is 0. The molecule has 2 aromatic rings. The molecule has 1 aromatic carbocycles. The maximum atomic E-state index is 12.9. The van der Waals surface area contributed by atoms with Crippen LogP contribution < -0.4 is 5.32 Å². The molecule has 0 radical (unpaired) electrons. The number of thiophene rings is 1. The number of hydrogen-bond donors (Lipinski definition) is 1. The Morgan fingerprint density at radius 2 is 2.00 bits per heavy atom. The first-order chi connectivity index (χ1) is 8.15. The van der Waals surface area contributed by atoms with Crippen LogP contribution in [0.4, 0.5) is 4.39 Å². The third-order valence-corrected chi connectivity index (χ3v) is 4.11. The number of benzene rings is 1. The van der Waals surface area contributed by atoms with E-state index in [2.05, 4.69) is 32.7 Å². The lowest BCUT2D eigenvalue weighted by Gasteiger charge is -2.04. The van der Waals surface area contributed by atoms with E-state index in [-0.39, 0.29) is 10.8 Å². The van der Waals surface area contributed by atoms with Crippen molar-refractivity contribution in [3.05, 3.63) is 55.4 Å². The van der Waals surface area contributed by atoms with Gasteiger partial charge in [0.2, 0.25) is 0 Å². The second-order valence-corrected chi connectivity index (χ2v) is 6.31. The van der Waals surface area contributed by atoms with Gasteiger partial charge in [0.05, 0.1) is 8.81 Å². The van der Waals surface area contributed by atoms with E-state index in [1.54, 1.807) is 23.5 Å². The van der Waals surface area contributed by atoms with Gasteiger partial charge in [-0.2, -0.15) is 0 Å². The fourth-order valence-electron chi connectivity index (χ4n) is 1.44. The predicted octanol–water partition coefficient (Wildman–Crippen LogP) is 4.59. The molecule has 0 unspecified atom stereocenters. The van der Waals surface area contributed by atoms with E-state index in [0.29, 0.717) is 6.54 Å². The lowest BCUT2D eigenvalue weighted by molar-refractivity contribution is 0.625. The van der Waals surface area contributed by atoms with Gasteiger partial charge in [-0.3, -0.25) is 0 Å². The zero-order valence-electron chi connectivity index (χ0n) is 8.84. The van der Waals surface area contributed by atoms with Crippen molar-refractivity contribution in [2.45, 2.75) is 13.1 Å². The van der Waals surface area contributed by atoms with Crippen molar-refractivity contribution in [1.29, 1.82) is 0 Å². The van der Waals surface area contributed by atoms with E-state index in [4.69, 9.17) is 11.6 Å². The molecule has 0 saturated heterocycles. The summed E-state index contributed by atoms with van der Waals surface area (Å²) in [6.45, 7) is 1.46. The summed E-state index contributed by atoms with van der Waals surface area (Å²) in [6.07, 6.45) is 0. The average Bonchev–Trinajstić information content (AvgIpc) is 2.70. The van der Waals surface area contributed by atoms with Crippen molar-refractivity contribution in [2.75, 3.05) is 0 Å². The van der Waals surface area contributed by atoms with Crippen LogP contribution in [0.3, 0.4) is 0 Å². The monoisotopic (exact) mass is 333 g/mol. The van der Waals surface area contributed by atoms with Gasteiger partial charge in [0.1, 0.15) is 5.82 Å². The van der Waals surface area contributed by atoms with Crippen LogP contribution in [0.5, 0.6) is 0 Å². The van der Waals surface area contributed by atoms with Gasteiger partial charge in [0.25, 0.3) is 0 Å². The van der Waals surface area contributed by atoms with E-state index in [0.717, 1.165) is 15.9 Å². The molecule has 0 amide bonds. The molecule has 0 atom stereocenters. The fraction of sp³-hybridized carbons (Fsp3) is 0.167. The first kappa shape index (κ1) is 13.0. The minimum atomic E-state index is -0.378. The Balaban J connectivity index is 1.87. The molecule has 1 heterocycles. The van der Waals surface area contributed by atoms with E-state index >= 15 is 0 Å². The maximum Gasteiger partial charge on any atom is 0.141 e. The Bertz CT molecular complexity index is 515. The Labute approximate surface area is 117 Å². The second-order valence-electron chi connectivity index (χ2n) is 3.61. The summed E-state index contributed by atoms with van der Waals surface area (Å²) in [5.41, 5.74) is 2.21. The van der Waals surface area contributed by atoms with E-state index < -0.39 is 0 Å². The van der Waals surface area contributed by atoms with Gasteiger partial charge >= 0.3 is 0 Å². The molecule has 2 rings (SSSR count). The Morgan fingerprint density at radius 1 is 1.24 bits per heavy atom. The molecule has 5 heteroatoms. The third kappa shape index (κ3) is 3.78. The summed E-state index contributed by atoms with van der Waals surface area (Å²) in [5, 5.41) is 5.54. The smallest absolute Gasteiger partial charge is 0.141 e. The van der Waals surface area contributed by atoms with Crippen LogP contribution in [-0.2, 0) is 13.1 Å². The lowest BCUT2D eigenvalue weighted by Crippen LogP contribution is -2.12. The summed E-state index contributed by atoms with van der Waals surface area (Å²) in [5.74, 6) is -0.378. The topological polar surface area (TPSA) is 12.0 Å². The molecule has 0 aliphatic carbocycles. The zero-order chi connectivity index (χ0) is 12.3. The molecule has 1 aromatic heterocycles. The van der Waals surface area contributed by atoms with Gasteiger partial charge in [-0.15, -0.1) is 11.3 Å². The quantitative estimate of drug-likeness (QED) is 0.862. The van der Waals surface area contributed by atoms with E-state index in [1.807, 2.05) is 0 Å². The molecule has 0 spiro atoms. The van der Waals surface area contributed by atoms with Crippen molar-refractivity contribution in [3.63, 3.8) is 0 Å². The van der Waals surface area contributed by atoms with Crippen LogP contribution in [-0.4, -0.2) is 0 Å². The van der Waals surface area contributed by atoms with Crippen molar-refractivity contribution in [3.8, 4) is 0 Å². The molecular weight excluding hydrogens is 325 g/mol. The summed E-state index contributed by atoms with van der Waals surface area (Å²) in [6, 6.07) is 6.85. The van der Waals surface area contributed by atoms with Gasteiger partial charge in [-0.1, -0.05) is 17.7 Å². The molecule has 0 aliphatic heterocycles. The zero-order valence-corrected chi connectivity index (χ0v) is 12.0. The normalized spacial score (nSPS) is 10.8. The minimum absolute atomic E-state index is 0.169. The fourth-order valence-corrected chi connectivity index (χ4v) is 2.85. The minimum Gasteiger partial charge on any atom is -0.309 e. The van der Waals surface area contributed by atoms with Crippen LogP contribution in [0.15, 0.2) is 33.4 Å². The summed E-state index contributed by atoms with van der Waals surface area (Å²) >= 11 is 10.8. The molecule has 0 aliphatic rings. The molecule has 17 heavy (non-hydrogen) atoms. The van der Waals surface area contributed by atoms with E-state index in [1.165, 1.54) is 11.6 Å². The Hall–Kier alpha value is -0.420. The summed E-state index contributed by atoms with van der Waals surface area (Å²) in [7, 11) is 0. The van der Waals surface area contributed by atoms with Crippen LogP contribution in [0.1, 0.15) is 11.1 Å². The van der Waals surface area contributed by atoms with Gasteiger partial charge in [-0.25, -0.2) is 4.39 Å². The standard InChI is InChI=1S/C12H10BrClFNS/c13-12-4-9(7-17-12)6-16-5-8-1-2-11(15)10(14)3-8/h1-4,7,16H,5-6H2. The van der Waals surface area contributed by atoms with Crippen LogP contribution in [0.25, 0.3) is 0 Å². The molecule has 90 valence electrons. The molecule has 1 nitrogen and oxygen atoms in total. The Kier molecular flexibility index (Phi) is 4.56. The predicted molar refractivity (Wildman–Crippen MR) is 74.0 cm³/mol. The van der Waals surface area contributed by atoms with Crippen molar-refractivity contribution in [1.82, 2.24) is 5.32 Å². The van der Waals surface area contributed by atoms with Crippen molar-refractivity contribution >= 4 is 38.9 Å². The average molecular weight is 335 g/mol. The number of halogens is 3. The number of nitrogens with one attached hydrogen (secondary N) is 1. The third-order valence-electron chi connectivity index (χ3n) is 2.26. The highest BCUT2D eigenvalue weighted by atomic mass is 79.9.